The lowest BCUT2D eigenvalue weighted by Crippen LogP contribution is -2.45. The second-order valence-corrected chi connectivity index (χ2v) is 9.10. The maximum Gasteiger partial charge on any atom is 0.332 e. The SMILES string of the molecule is CC#CCn1c(N2CCCC(N)C2)nc2c1c(=O)n(CC1=NCc3ccccc3N1C)c(=O)n2C. The summed E-state index contributed by atoms with van der Waals surface area (Å²) in [7, 11) is 3.56. The van der Waals surface area contributed by atoms with E-state index in [1.165, 1.54) is 9.13 Å². The van der Waals surface area contributed by atoms with Gasteiger partial charge in [-0.25, -0.2) is 4.79 Å². The molecule has 0 saturated carbocycles. The summed E-state index contributed by atoms with van der Waals surface area (Å²) in [5.74, 6) is 7.25. The van der Waals surface area contributed by atoms with Gasteiger partial charge in [0.2, 0.25) is 5.95 Å². The summed E-state index contributed by atoms with van der Waals surface area (Å²) < 4.78 is 4.51. The molecule has 3 aromatic rings. The van der Waals surface area contributed by atoms with Gasteiger partial charge in [-0.05, 0) is 31.4 Å². The van der Waals surface area contributed by atoms with Crippen molar-refractivity contribution in [1.29, 1.82) is 0 Å². The first-order valence-corrected chi connectivity index (χ1v) is 11.9. The Kier molecular flexibility index (Phi) is 5.94. The summed E-state index contributed by atoms with van der Waals surface area (Å²) in [6.07, 6.45) is 1.90. The zero-order valence-electron chi connectivity index (χ0n) is 20.4. The molecule has 0 amide bonds. The van der Waals surface area contributed by atoms with Crippen LogP contribution in [0.5, 0.6) is 0 Å². The number of rotatable bonds is 4. The second-order valence-electron chi connectivity index (χ2n) is 9.10. The third-order valence-electron chi connectivity index (χ3n) is 6.84. The normalized spacial score (nSPS) is 17.7. The van der Waals surface area contributed by atoms with Crippen LogP contribution in [0.25, 0.3) is 11.2 Å². The number of piperidine rings is 1. The zero-order chi connectivity index (χ0) is 24.7. The molecule has 4 heterocycles. The van der Waals surface area contributed by atoms with Gasteiger partial charge in [-0.2, -0.15) is 4.98 Å². The van der Waals surface area contributed by atoms with Gasteiger partial charge in [0.1, 0.15) is 5.84 Å². The molecule has 2 aromatic heterocycles. The van der Waals surface area contributed by atoms with E-state index in [9.17, 15) is 9.59 Å². The van der Waals surface area contributed by atoms with Crippen molar-refractivity contribution in [3.8, 4) is 11.8 Å². The maximum atomic E-state index is 13.8. The highest BCUT2D eigenvalue weighted by atomic mass is 16.2. The first-order valence-electron chi connectivity index (χ1n) is 11.9. The Morgan fingerprint density at radius 2 is 1.97 bits per heavy atom. The molecule has 10 nitrogen and oxygen atoms in total. The molecule has 0 radical (unpaired) electrons. The van der Waals surface area contributed by atoms with Gasteiger partial charge in [0.15, 0.2) is 11.2 Å². The first kappa shape index (κ1) is 22.9. The fourth-order valence-corrected chi connectivity index (χ4v) is 4.93. The topological polar surface area (TPSA) is 107 Å². The molecule has 35 heavy (non-hydrogen) atoms. The van der Waals surface area contributed by atoms with Gasteiger partial charge in [-0.3, -0.25) is 23.5 Å². The minimum Gasteiger partial charge on any atom is -0.341 e. The number of para-hydroxylation sites is 1. The molecule has 10 heteroatoms. The van der Waals surface area contributed by atoms with Crippen molar-refractivity contribution in [3.05, 3.63) is 50.7 Å². The summed E-state index contributed by atoms with van der Waals surface area (Å²) in [6, 6.07) is 8.04. The van der Waals surface area contributed by atoms with Crippen molar-refractivity contribution in [3.63, 3.8) is 0 Å². The highest BCUT2D eigenvalue weighted by Crippen LogP contribution is 2.25. The van der Waals surface area contributed by atoms with E-state index in [2.05, 4.69) is 21.7 Å². The molecule has 2 aliphatic rings. The third kappa shape index (κ3) is 3.91. The Bertz CT molecular complexity index is 1500. The minimum atomic E-state index is -0.425. The van der Waals surface area contributed by atoms with Crippen LogP contribution in [0.15, 0.2) is 38.8 Å². The maximum absolute atomic E-state index is 13.8. The molecule has 1 unspecified atom stereocenters. The molecule has 1 atom stereocenters. The van der Waals surface area contributed by atoms with E-state index in [-0.39, 0.29) is 12.6 Å². The molecule has 2 N–H and O–H groups in total. The van der Waals surface area contributed by atoms with Crippen LogP contribution in [-0.4, -0.2) is 50.7 Å². The lowest BCUT2D eigenvalue weighted by atomic mass is 10.1. The number of fused-ring (bicyclic) bond motifs is 2. The Morgan fingerprint density at radius 1 is 1.17 bits per heavy atom. The lowest BCUT2D eigenvalue weighted by Gasteiger charge is -2.31. The Labute approximate surface area is 203 Å². The molecule has 0 aliphatic carbocycles. The number of hydrogen-bond donors (Lipinski definition) is 1. The summed E-state index contributed by atoms with van der Waals surface area (Å²) >= 11 is 0. The van der Waals surface area contributed by atoms with Crippen LogP contribution in [0.1, 0.15) is 25.3 Å². The molecule has 1 aromatic carbocycles. The van der Waals surface area contributed by atoms with Crippen LogP contribution in [0, 0.1) is 11.8 Å². The number of hydrogen-bond acceptors (Lipinski definition) is 7. The number of nitrogens with zero attached hydrogens (tertiary/aromatic N) is 7. The number of imidazole rings is 1. The average Bonchev–Trinajstić information content (AvgIpc) is 3.25. The zero-order valence-corrected chi connectivity index (χ0v) is 20.4. The standard InChI is InChI=1S/C25H30N8O2/c1-4-5-13-32-21-22(28-24(32)31-12-8-10-18(26)15-31)30(3)25(35)33(23(21)34)16-20-27-14-17-9-6-7-11-19(17)29(20)2/h6-7,9,11,18H,8,10,12-16,26H2,1-3H3. The summed E-state index contributed by atoms with van der Waals surface area (Å²) in [6.45, 7) is 4.08. The van der Waals surface area contributed by atoms with Gasteiger partial charge >= 0.3 is 5.69 Å². The van der Waals surface area contributed by atoms with Crippen LogP contribution < -0.4 is 26.8 Å². The quantitative estimate of drug-likeness (QED) is 0.563. The number of anilines is 2. The third-order valence-corrected chi connectivity index (χ3v) is 6.84. The Morgan fingerprint density at radius 3 is 2.74 bits per heavy atom. The van der Waals surface area contributed by atoms with E-state index in [4.69, 9.17) is 10.7 Å². The van der Waals surface area contributed by atoms with Crippen molar-refractivity contribution in [2.75, 3.05) is 29.9 Å². The molecule has 2 aliphatic heterocycles. The molecule has 0 spiro atoms. The molecule has 1 saturated heterocycles. The number of benzene rings is 1. The van der Waals surface area contributed by atoms with E-state index in [1.54, 1.807) is 14.0 Å². The number of aromatic nitrogens is 4. The van der Waals surface area contributed by atoms with Crippen molar-refractivity contribution < 1.29 is 0 Å². The van der Waals surface area contributed by atoms with Crippen LogP contribution in [0.4, 0.5) is 11.6 Å². The molecule has 5 rings (SSSR count). The highest BCUT2D eigenvalue weighted by molar-refractivity contribution is 5.99. The fourth-order valence-electron chi connectivity index (χ4n) is 4.93. The monoisotopic (exact) mass is 474 g/mol. The summed E-state index contributed by atoms with van der Waals surface area (Å²) in [5, 5.41) is 0. The van der Waals surface area contributed by atoms with Crippen LogP contribution in [-0.2, 0) is 26.7 Å². The number of aliphatic imine (C=N–C) groups is 1. The molecule has 0 bridgehead atoms. The molecule has 1 fully saturated rings. The Hall–Kier alpha value is -3.84. The predicted molar refractivity (Wildman–Crippen MR) is 138 cm³/mol. The van der Waals surface area contributed by atoms with E-state index in [1.807, 2.05) is 40.8 Å². The highest BCUT2D eigenvalue weighted by Gasteiger charge is 2.27. The molecular formula is C25H30N8O2. The van der Waals surface area contributed by atoms with Gasteiger partial charge in [0.25, 0.3) is 5.56 Å². The van der Waals surface area contributed by atoms with Crippen LogP contribution in [0.3, 0.4) is 0 Å². The minimum absolute atomic E-state index is 0.0393. The predicted octanol–water partition coefficient (Wildman–Crippen LogP) is 0.896. The van der Waals surface area contributed by atoms with Crippen molar-refractivity contribution in [2.24, 2.45) is 17.8 Å². The number of nitrogens with two attached hydrogens (primary N) is 1. The van der Waals surface area contributed by atoms with Crippen molar-refractivity contribution in [2.45, 2.75) is 45.4 Å². The van der Waals surface area contributed by atoms with Crippen LogP contribution >= 0.6 is 0 Å². The smallest absolute Gasteiger partial charge is 0.332 e. The second kappa shape index (κ2) is 9.07. The van der Waals surface area contributed by atoms with E-state index in [0.717, 1.165) is 30.6 Å². The lowest BCUT2D eigenvalue weighted by molar-refractivity contribution is 0.496. The average molecular weight is 475 g/mol. The van der Waals surface area contributed by atoms with E-state index in [0.29, 0.717) is 42.6 Å². The van der Waals surface area contributed by atoms with Crippen molar-refractivity contribution >= 4 is 28.6 Å². The van der Waals surface area contributed by atoms with Gasteiger partial charge in [0, 0.05) is 38.9 Å². The molecular weight excluding hydrogens is 444 g/mol. The van der Waals surface area contributed by atoms with E-state index >= 15 is 0 Å². The van der Waals surface area contributed by atoms with Crippen LogP contribution in [0.2, 0.25) is 0 Å². The number of likely N-dealkylation sites (N-methyl/N-ethyl adjacent to an activating group) is 1. The van der Waals surface area contributed by atoms with Gasteiger partial charge in [0.05, 0.1) is 19.6 Å². The van der Waals surface area contributed by atoms with Gasteiger partial charge in [-0.1, -0.05) is 24.1 Å². The first-order chi connectivity index (χ1) is 16.9. The summed E-state index contributed by atoms with van der Waals surface area (Å²) in [4.78, 5) is 40.6. The van der Waals surface area contributed by atoms with Gasteiger partial charge in [-0.15, -0.1) is 5.92 Å². The Balaban J connectivity index is 1.63. The molecule has 182 valence electrons. The van der Waals surface area contributed by atoms with Gasteiger partial charge < -0.3 is 15.5 Å². The number of amidine groups is 1. The van der Waals surface area contributed by atoms with E-state index < -0.39 is 11.2 Å². The summed E-state index contributed by atoms with van der Waals surface area (Å²) in [5.41, 5.74) is 8.25. The fraction of sp³-hybridized carbons (Fsp3) is 0.440. The number of aryl methyl sites for hydroxylation is 1. The largest absolute Gasteiger partial charge is 0.341 e. The van der Waals surface area contributed by atoms with Crippen molar-refractivity contribution in [1.82, 2.24) is 18.7 Å².